The van der Waals surface area contributed by atoms with Gasteiger partial charge in [0, 0.05) is 33.0 Å². The zero-order valence-electron chi connectivity index (χ0n) is 29.8. The zero-order valence-corrected chi connectivity index (χ0v) is 29.8. The van der Waals surface area contributed by atoms with Crippen LogP contribution in [0.1, 0.15) is 0 Å². The van der Waals surface area contributed by atoms with Crippen LogP contribution in [0.25, 0.3) is 101 Å². The number of aromatic nitrogens is 3. The average molecular weight is 704 g/mol. The molecule has 0 radical (unpaired) electrons. The van der Waals surface area contributed by atoms with Gasteiger partial charge < -0.3 is 4.42 Å². The Hall–Kier alpha value is -7.43. The molecule has 0 amide bonds. The van der Waals surface area contributed by atoms with E-state index in [1.165, 1.54) is 16.7 Å². The molecule has 0 fully saturated rings. The Labute approximate surface area is 319 Å². The van der Waals surface area contributed by atoms with E-state index in [4.69, 9.17) is 19.4 Å². The molecule has 0 spiro atoms. The lowest BCUT2D eigenvalue weighted by molar-refractivity contribution is 0.670. The van der Waals surface area contributed by atoms with E-state index in [0.717, 1.165) is 66.4 Å². The van der Waals surface area contributed by atoms with Crippen molar-refractivity contribution in [3.63, 3.8) is 0 Å². The highest BCUT2D eigenvalue weighted by molar-refractivity contribution is 6.15. The number of fused-ring (bicyclic) bond motifs is 3. The monoisotopic (exact) mass is 703 g/mol. The van der Waals surface area contributed by atoms with Crippen LogP contribution in [0.15, 0.2) is 205 Å². The molecule has 0 bridgehead atoms. The Bertz CT molecular complexity index is 2940. The van der Waals surface area contributed by atoms with E-state index in [1.54, 1.807) is 0 Å². The fourth-order valence-electron chi connectivity index (χ4n) is 7.48. The molecule has 0 atom stereocenters. The fraction of sp³-hybridized carbons (Fsp3) is 0. The lowest BCUT2D eigenvalue weighted by Crippen LogP contribution is -2.00. The minimum Gasteiger partial charge on any atom is -0.455 e. The number of rotatable bonds is 7. The summed E-state index contributed by atoms with van der Waals surface area (Å²) in [5.41, 5.74) is 13.4. The van der Waals surface area contributed by atoms with E-state index in [-0.39, 0.29) is 0 Å². The molecule has 10 aromatic rings. The Morgan fingerprint density at radius 3 is 1.42 bits per heavy atom. The number of benzene rings is 8. The lowest BCUT2D eigenvalue weighted by Gasteiger charge is -2.13. The van der Waals surface area contributed by atoms with Crippen molar-refractivity contribution in [2.45, 2.75) is 0 Å². The van der Waals surface area contributed by atoms with Gasteiger partial charge in [-0.2, -0.15) is 0 Å². The van der Waals surface area contributed by atoms with Crippen LogP contribution in [0.5, 0.6) is 0 Å². The van der Waals surface area contributed by atoms with Gasteiger partial charge in [0.25, 0.3) is 0 Å². The van der Waals surface area contributed by atoms with E-state index in [1.807, 2.05) is 48.5 Å². The minimum absolute atomic E-state index is 0.591. The number of para-hydroxylation sites is 1. The summed E-state index contributed by atoms with van der Waals surface area (Å²) in [7, 11) is 0. The van der Waals surface area contributed by atoms with Crippen LogP contribution in [0.4, 0.5) is 0 Å². The lowest BCUT2D eigenvalue weighted by atomic mass is 9.90. The quantitative estimate of drug-likeness (QED) is 0.166. The summed E-state index contributed by atoms with van der Waals surface area (Å²) >= 11 is 0. The first-order valence-corrected chi connectivity index (χ1v) is 18.4. The number of hydrogen-bond acceptors (Lipinski definition) is 4. The molecule has 2 aromatic heterocycles. The van der Waals surface area contributed by atoms with Gasteiger partial charge in [-0.3, -0.25) is 0 Å². The number of nitrogens with zero attached hydrogens (tertiary/aromatic N) is 3. The molecule has 258 valence electrons. The van der Waals surface area contributed by atoms with Gasteiger partial charge in [0.15, 0.2) is 17.5 Å². The van der Waals surface area contributed by atoms with Gasteiger partial charge in [-0.15, -0.1) is 0 Å². The molecular weight excluding hydrogens is 671 g/mol. The van der Waals surface area contributed by atoms with Crippen molar-refractivity contribution in [1.29, 1.82) is 0 Å². The Morgan fingerprint density at radius 2 is 0.764 bits per heavy atom. The number of furan rings is 1. The van der Waals surface area contributed by atoms with E-state index >= 15 is 0 Å². The van der Waals surface area contributed by atoms with Gasteiger partial charge in [-0.25, -0.2) is 15.0 Å². The second-order valence-electron chi connectivity index (χ2n) is 13.6. The third-order valence-electron chi connectivity index (χ3n) is 10.2. The normalized spacial score (nSPS) is 11.3. The highest BCUT2D eigenvalue weighted by atomic mass is 16.3. The first kappa shape index (κ1) is 32.2. The maximum absolute atomic E-state index is 6.77. The molecule has 0 aliphatic heterocycles. The van der Waals surface area contributed by atoms with Crippen LogP contribution in [0.2, 0.25) is 0 Å². The van der Waals surface area contributed by atoms with Gasteiger partial charge in [0.05, 0.1) is 0 Å². The van der Waals surface area contributed by atoms with Crippen molar-refractivity contribution in [3.05, 3.63) is 200 Å². The summed E-state index contributed by atoms with van der Waals surface area (Å²) in [5.74, 6) is 1.82. The van der Waals surface area contributed by atoms with E-state index in [0.29, 0.717) is 17.5 Å². The van der Waals surface area contributed by atoms with Crippen molar-refractivity contribution in [2.75, 3.05) is 0 Å². The summed E-state index contributed by atoms with van der Waals surface area (Å²) in [6.45, 7) is 0. The highest BCUT2D eigenvalue weighted by Gasteiger charge is 2.20. The van der Waals surface area contributed by atoms with Gasteiger partial charge in [-0.1, -0.05) is 188 Å². The van der Waals surface area contributed by atoms with Crippen LogP contribution < -0.4 is 0 Å². The molecule has 0 unspecified atom stereocenters. The summed E-state index contributed by atoms with van der Waals surface area (Å²) in [5, 5.41) is 1.98. The molecule has 0 aliphatic carbocycles. The van der Waals surface area contributed by atoms with Gasteiger partial charge in [0.1, 0.15) is 11.2 Å². The third kappa shape index (κ3) is 6.06. The Kier molecular flexibility index (Phi) is 8.12. The molecule has 55 heavy (non-hydrogen) atoms. The molecular formula is C51H33N3O. The van der Waals surface area contributed by atoms with Gasteiger partial charge in [-0.05, 0) is 51.1 Å². The second-order valence-corrected chi connectivity index (χ2v) is 13.6. The molecule has 0 aliphatic rings. The van der Waals surface area contributed by atoms with Crippen LogP contribution >= 0.6 is 0 Å². The van der Waals surface area contributed by atoms with Crippen molar-refractivity contribution in [2.24, 2.45) is 0 Å². The standard InChI is InChI=1S/C51H33N3O/c1-5-15-34(16-6-1)35-27-29-39(30-28-35)50-52-49(38-21-11-4-12-22-38)53-51(54-50)44-25-14-26-46-47(44)43-24-13-23-42(48(43)55-46)40-31-32-41(36-17-7-2-8-18-36)45(33-40)37-19-9-3-10-20-37/h1-33H. The van der Waals surface area contributed by atoms with Gasteiger partial charge >= 0.3 is 0 Å². The second kappa shape index (κ2) is 13.8. The topological polar surface area (TPSA) is 51.8 Å². The first-order chi connectivity index (χ1) is 27.3. The maximum Gasteiger partial charge on any atom is 0.164 e. The van der Waals surface area contributed by atoms with Crippen LogP contribution in [0, 0.1) is 0 Å². The van der Waals surface area contributed by atoms with Crippen LogP contribution in [0.3, 0.4) is 0 Å². The Morgan fingerprint density at radius 1 is 0.291 bits per heavy atom. The smallest absolute Gasteiger partial charge is 0.164 e. The number of hydrogen-bond donors (Lipinski definition) is 0. The molecule has 0 saturated carbocycles. The molecule has 10 rings (SSSR count). The molecule has 4 heteroatoms. The highest BCUT2D eigenvalue weighted by Crippen LogP contribution is 2.42. The van der Waals surface area contributed by atoms with Crippen molar-refractivity contribution in [3.8, 4) is 78.7 Å². The summed E-state index contributed by atoms with van der Waals surface area (Å²) in [4.78, 5) is 15.2. The van der Waals surface area contributed by atoms with Crippen molar-refractivity contribution in [1.82, 2.24) is 15.0 Å². The summed E-state index contributed by atoms with van der Waals surface area (Å²) in [6, 6.07) is 69.3. The van der Waals surface area contributed by atoms with Crippen molar-refractivity contribution < 1.29 is 4.42 Å². The summed E-state index contributed by atoms with van der Waals surface area (Å²) in [6.07, 6.45) is 0. The molecule has 0 saturated heterocycles. The average Bonchev–Trinajstić information content (AvgIpc) is 3.67. The molecule has 2 heterocycles. The minimum atomic E-state index is 0.591. The van der Waals surface area contributed by atoms with E-state index in [2.05, 4.69) is 152 Å². The summed E-state index contributed by atoms with van der Waals surface area (Å²) < 4.78 is 6.77. The molecule has 8 aromatic carbocycles. The first-order valence-electron chi connectivity index (χ1n) is 18.4. The fourth-order valence-corrected chi connectivity index (χ4v) is 7.48. The predicted molar refractivity (Wildman–Crippen MR) is 225 cm³/mol. The third-order valence-corrected chi connectivity index (χ3v) is 10.2. The van der Waals surface area contributed by atoms with Crippen molar-refractivity contribution >= 4 is 21.9 Å². The SMILES string of the molecule is c1ccc(-c2ccc(-c3nc(-c4ccccc4)nc(-c4cccc5oc6c(-c7ccc(-c8ccccc8)c(-c8ccccc8)c7)cccc6c45)n3)cc2)cc1. The van der Waals surface area contributed by atoms with Crippen LogP contribution in [-0.2, 0) is 0 Å². The zero-order chi connectivity index (χ0) is 36.6. The molecule has 4 nitrogen and oxygen atoms in total. The van der Waals surface area contributed by atoms with Crippen LogP contribution in [-0.4, -0.2) is 15.0 Å². The van der Waals surface area contributed by atoms with Gasteiger partial charge in [0.2, 0.25) is 0 Å². The molecule has 0 N–H and O–H groups in total. The Balaban J connectivity index is 1.13. The maximum atomic E-state index is 6.77. The predicted octanol–water partition coefficient (Wildman–Crippen LogP) is 13.4. The largest absolute Gasteiger partial charge is 0.455 e. The van der Waals surface area contributed by atoms with E-state index < -0.39 is 0 Å². The van der Waals surface area contributed by atoms with E-state index in [9.17, 15) is 0 Å².